The predicted octanol–water partition coefficient (Wildman–Crippen LogP) is 2.42. The topological polar surface area (TPSA) is 74.7 Å². The molecular formula is C12H19NO4S2. The standard InChI is InChI=1S/C12H19NO4S2/c1-8(2)5-6-13(4)19(16,17)11-9(3)7-18-10(11)12(14)15/h7-8H,5-6H2,1-4H3,(H,14,15). The first kappa shape index (κ1) is 16.1. The van der Waals surface area contributed by atoms with E-state index in [-0.39, 0.29) is 9.77 Å². The van der Waals surface area contributed by atoms with Crippen LogP contribution >= 0.6 is 11.3 Å². The van der Waals surface area contributed by atoms with Crippen LogP contribution in [-0.4, -0.2) is 37.4 Å². The summed E-state index contributed by atoms with van der Waals surface area (Å²) in [6.07, 6.45) is 0.737. The molecule has 0 aliphatic carbocycles. The van der Waals surface area contributed by atoms with Gasteiger partial charge < -0.3 is 5.11 Å². The van der Waals surface area contributed by atoms with Crippen LogP contribution in [0.1, 0.15) is 35.5 Å². The summed E-state index contributed by atoms with van der Waals surface area (Å²) < 4.78 is 26.1. The smallest absolute Gasteiger partial charge is 0.347 e. The Bertz CT molecular complexity index is 560. The lowest BCUT2D eigenvalue weighted by atomic mass is 10.1. The molecule has 1 N–H and O–H groups in total. The van der Waals surface area contributed by atoms with E-state index in [9.17, 15) is 13.2 Å². The number of rotatable bonds is 6. The van der Waals surface area contributed by atoms with Gasteiger partial charge in [-0.1, -0.05) is 13.8 Å². The van der Waals surface area contributed by atoms with E-state index in [1.165, 1.54) is 11.4 Å². The summed E-state index contributed by atoms with van der Waals surface area (Å²) in [5.74, 6) is -0.811. The highest BCUT2D eigenvalue weighted by atomic mass is 32.2. The third kappa shape index (κ3) is 3.55. The first-order valence-corrected chi connectivity index (χ1v) is 8.27. The Labute approximate surface area is 117 Å². The zero-order valence-corrected chi connectivity index (χ0v) is 13.1. The second kappa shape index (κ2) is 6.02. The van der Waals surface area contributed by atoms with E-state index in [1.54, 1.807) is 12.3 Å². The number of carboxylic acid groups (broad SMARTS) is 1. The van der Waals surface area contributed by atoms with Crippen LogP contribution in [-0.2, 0) is 10.0 Å². The molecule has 1 rings (SSSR count). The molecule has 0 unspecified atom stereocenters. The van der Waals surface area contributed by atoms with Gasteiger partial charge in [0.05, 0.1) is 0 Å². The fourth-order valence-electron chi connectivity index (χ4n) is 1.62. The number of hydrogen-bond acceptors (Lipinski definition) is 4. The van der Waals surface area contributed by atoms with E-state index in [4.69, 9.17) is 5.11 Å². The van der Waals surface area contributed by atoms with Crippen LogP contribution in [0.3, 0.4) is 0 Å². The van der Waals surface area contributed by atoms with Crippen molar-refractivity contribution < 1.29 is 18.3 Å². The molecule has 7 heteroatoms. The van der Waals surface area contributed by atoms with Gasteiger partial charge in [-0.25, -0.2) is 17.5 Å². The minimum Gasteiger partial charge on any atom is -0.477 e. The molecule has 0 saturated heterocycles. The van der Waals surface area contributed by atoms with Crippen LogP contribution in [0.4, 0.5) is 0 Å². The second-order valence-corrected chi connectivity index (χ2v) is 7.75. The molecule has 0 bridgehead atoms. The number of sulfonamides is 1. The Hall–Kier alpha value is -0.920. The summed E-state index contributed by atoms with van der Waals surface area (Å²) in [5.41, 5.74) is 0.485. The van der Waals surface area contributed by atoms with Crippen LogP contribution in [0.5, 0.6) is 0 Å². The maximum absolute atomic E-state index is 12.4. The Morgan fingerprint density at radius 3 is 2.53 bits per heavy atom. The summed E-state index contributed by atoms with van der Waals surface area (Å²) in [5, 5.41) is 10.6. The number of hydrogen-bond donors (Lipinski definition) is 1. The van der Waals surface area contributed by atoms with Gasteiger partial charge in [0.15, 0.2) is 0 Å². The van der Waals surface area contributed by atoms with Crippen molar-refractivity contribution in [2.24, 2.45) is 5.92 Å². The molecule has 19 heavy (non-hydrogen) atoms. The van der Waals surface area contributed by atoms with Crippen molar-refractivity contribution >= 4 is 27.3 Å². The third-order valence-corrected chi connectivity index (χ3v) is 6.06. The van der Waals surface area contributed by atoms with Crippen molar-refractivity contribution in [3.05, 3.63) is 15.8 Å². The Morgan fingerprint density at radius 1 is 1.47 bits per heavy atom. The molecule has 1 aromatic heterocycles. The Balaban J connectivity index is 3.13. The second-order valence-electron chi connectivity index (χ2n) is 4.89. The zero-order chi connectivity index (χ0) is 14.8. The molecule has 0 radical (unpaired) electrons. The van der Waals surface area contributed by atoms with Gasteiger partial charge in [0.2, 0.25) is 10.0 Å². The molecule has 1 heterocycles. The predicted molar refractivity (Wildman–Crippen MR) is 75.3 cm³/mol. The average molecular weight is 305 g/mol. The molecule has 0 aliphatic heterocycles. The fraction of sp³-hybridized carbons (Fsp3) is 0.583. The van der Waals surface area contributed by atoms with E-state index in [2.05, 4.69) is 0 Å². The molecule has 0 fully saturated rings. The zero-order valence-electron chi connectivity index (χ0n) is 11.5. The van der Waals surface area contributed by atoms with Crippen molar-refractivity contribution in [2.45, 2.75) is 32.1 Å². The van der Waals surface area contributed by atoms with Crippen LogP contribution in [0.15, 0.2) is 10.3 Å². The average Bonchev–Trinajstić information content (AvgIpc) is 2.68. The normalized spacial score (nSPS) is 12.3. The van der Waals surface area contributed by atoms with Gasteiger partial charge in [-0.05, 0) is 30.2 Å². The molecule has 0 amide bonds. The van der Waals surface area contributed by atoms with E-state index in [0.717, 1.165) is 17.8 Å². The maximum atomic E-state index is 12.4. The largest absolute Gasteiger partial charge is 0.477 e. The van der Waals surface area contributed by atoms with Gasteiger partial charge in [-0.2, -0.15) is 0 Å². The van der Waals surface area contributed by atoms with E-state index < -0.39 is 16.0 Å². The lowest BCUT2D eigenvalue weighted by Crippen LogP contribution is -2.29. The summed E-state index contributed by atoms with van der Waals surface area (Å²) in [7, 11) is -2.25. The van der Waals surface area contributed by atoms with E-state index >= 15 is 0 Å². The van der Waals surface area contributed by atoms with Crippen molar-refractivity contribution in [1.29, 1.82) is 0 Å². The molecule has 108 valence electrons. The van der Waals surface area contributed by atoms with Gasteiger partial charge >= 0.3 is 5.97 Å². The van der Waals surface area contributed by atoms with E-state index in [0.29, 0.717) is 18.0 Å². The van der Waals surface area contributed by atoms with Crippen molar-refractivity contribution in [1.82, 2.24) is 4.31 Å². The molecular weight excluding hydrogens is 286 g/mol. The third-order valence-electron chi connectivity index (χ3n) is 2.80. The van der Waals surface area contributed by atoms with Crippen LogP contribution in [0.25, 0.3) is 0 Å². The van der Waals surface area contributed by atoms with E-state index in [1.807, 2.05) is 13.8 Å². The van der Waals surface area contributed by atoms with Gasteiger partial charge in [-0.3, -0.25) is 0 Å². The summed E-state index contributed by atoms with van der Waals surface area (Å²) in [4.78, 5) is 10.9. The molecule has 5 nitrogen and oxygen atoms in total. The fourth-order valence-corrected chi connectivity index (χ4v) is 4.38. The van der Waals surface area contributed by atoms with Gasteiger partial charge in [0, 0.05) is 13.6 Å². The lowest BCUT2D eigenvalue weighted by Gasteiger charge is -2.18. The summed E-state index contributed by atoms with van der Waals surface area (Å²) >= 11 is 0.948. The molecule has 1 aromatic rings. The minimum absolute atomic E-state index is 0.0729. The summed E-state index contributed by atoms with van der Waals surface area (Å²) in [6.45, 7) is 6.03. The molecule has 0 aliphatic rings. The van der Waals surface area contributed by atoms with Gasteiger partial charge in [0.25, 0.3) is 0 Å². The number of carbonyl (C=O) groups is 1. The highest BCUT2D eigenvalue weighted by molar-refractivity contribution is 7.89. The Morgan fingerprint density at radius 2 is 2.05 bits per heavy atom. The highest BCUT2D eigenvalue weighted by Crippen LogP contribution is 2.29. The number of aromatic carboxylic acids is 1. The maximum Gasteiger partial charge on any atom is 0.347 e. The minimum atomic E-state index is -3.73. The molecule has 0 spiro atoms. The first-order valence-electron chi connectivity index (χ1n) is 5.95. The van der Waals surface area contributed by atoms with Gasteiger partial charge in [0.1, 0.15) is 9.77 Å². The molecule has 0 atom stereocenters. The van der Waals surface area contributed by atoms with Crippen molar-refractivity contribution in [3.63, 3.8) is 0 Å². The summed E-state index contributed by atoms with van der Waals surface area (Å²) in [6, 6.07) is 0. The van der Waals surface area contributed by atoms with Crippen LogP contribution < -0.4 is 0 Å². The number of carboxylic acids is 1. The quantitative estimate of drug-likeness (QED) is 0.876. The van der Waals surface area contributed by atoms with Crippen LogP contribution in [0, 0.1) is 12.8 Å². The SMILES string of the molecule is Cc1csc(C(=O)O)c1S(=O)(=O)N(C)CCC(C)C. The number of thiophene rings is 1. The van der Waals surface area contributed by atoms with Crippen molar-refractivity contribution in [3.8, 4) is 0 Å². The first-order chi connectivity index (χ1) is 8.67. The van der Waals surface area contributed by atoms with Crippen molar-refractivity contribution in [2.75, 3.05) is 13.6 Å². The number of nitrogens with zero attached hydrogens (tertiary/aromatic N) is 1. The lowest BCUT2D eigenvalue weighted by molar-refractivity contribution is 0.0698. The van der Waals surface area contributed by atoms with Crippen LogP contribution in [0.2, 0.25) is 0 Å². The number of aryl methyl sites for hydroxylation is 1. The highest BCUT2D eigenvalue weighted by Gasteiger charge is 2.30. The molecule has 0 saturated carbocycles. The van der Waals surface area contributed by atoms with Gasteiger partial charge in [-0.15, -0.1) is 11.3 Å². The Kier molecular flexibility index (Phi) is 5.11. The molecule has 0 aromatic carbocycles. The monoisotopic (exact) mass is 305 g/mol.